The summed E-state index contributed by atoms with van der Waals surface area (Å²) in [6, 6.07) is 16.0. The smallest absolute Gasteiger partial charge is 0.335 e. The first-order chi connectivity index (χ1) is 13.1. The molecule has 1 aliphatic rings. The van der Waals surface area contributed by atoms with Gasteiger partial charge in [-0.15, -0.1) is 0 Å². The zero-order valence-corrected chi connectivity index (χ0v) is 15.8. The standard InChI is InChI=1S/C21H20N2O3S/c1-2-3-13-23-19(24)18(14-15-9-11-16(12-10-15)20(25)26)27-21(23)22-17-7-5-4-6-8-17/h4-12,14H,2-3,13H2,1H3,(H,25,26)/b18-14-,22-21?. The molecule has 0 spiro atoms. The molecule has 0 radical (unpaired) electrons. The van der Waals surface area contributed by atoms with Crippen molar-refractivity contribution >= 4 is 40.6 Å². The van der Waals surface area contributed by atoms with Crippen molar-refractivity contribution in [1.29, 1.82) is 0 Å². The Morgan fingerprint density at radius 1 is 1.15 bits per heavy atom. The second-order valence-corrected chi connectivity index (χ2v) is 7.09. The average molecular weight is 380 g/mol. The maximum Gasteiger partial charge on any atom is 0.335 e. The number of nitrogens with zero attached hydrogens (tertiary/aromatic N) is 2. The number of amidine groups is 1. The van der Waals surface area contributed by atoms with Crippen LogP contribution in [0.2, 0.25) is 0 Å². The number of aliphatic imine (C=N–C) groups is 1. The van der Waals surface area contributed by atoms with Crippen LogP contribution < -0.4 is 0 Å². The number of thioether (sulfide) groups is 1. The Labute approximate surface area is 162 Å². The second-order valence-electron chi connectivity index (χ2n) is 6.08. The number of hydrogen-bond donors (Lipinski definition) is 1. The number of amides is 1. The van der Waals surface area contributed by atoms with E-state index in [-0.39, 0.29) is 11.5 Å². The van der Waals surface area contributed by atoms with E-state index in [9.17, 15) is 9.59 Å². The minimum absolute atomic E-state index is 0.0644. The normalized spacial score (nSPS) is 17.1. The quantitative estimate of drug-likeness (QED) is 0.732. The summed E-state index contributed by atoms with van der Waals surface area (Å²) >= 11 is 1.35. The van der Waals surface area contributed by atoms with Crippen LogP contribution in [0.3, 0.4) is 0 Å². The molecule has 27 heavy (non-hydrogen) atoms. The fourth-order valence-corrected chi connectivity index (χ4v) is 3.62. The van der Waals surface area contributed by atoms with Crippen LogP contribution in [0.5, 0.6) is 0 Å². The molecule has 1 fully saturated rings. The van der Waals surface area contributed by atoms with Crippen molar-refractivity contribution in [3.8, 4) is 0 Å². The topological polar surface area (TPSA) is 70.0 Å². The van der Waals surface area contributed by atoms with Gasteiger partial charge in [0.05, 0.1) is 16.2 Å². The molecule has 0 atom stereocenters. The molecule has 3 rings (SSSR count). The first-order valence-electron chi connectivity index (χ1n) is 8.77. The molecule has 0 aromatic heterocycles. The van der Waals surface area contributed by atoms with Crippen LogP contribution in [-0.4, -0.2) is 33.6 Å². The van der Waals surface area contributed by atoms with Crippen LogP contribution in [0.4, 0.5) is 5.69 Å². The lowest BCUT2D eigenvalue weighted by Crippen LogP contribution is -2.30. The number of benzene rings is 2. The van der Waals surface area contributed by atoms with E-state index in [2.05, 4.69) is 11.9 Å². The fraction of sp³-hybridized carbons (Fsp3) is 0.190. The second kappa shape index (κ2) is 8.68. The van der Waals surface area contributed by atoms with Crippen LogP contribution in [0.15, 0.2) is 64.5 Å². The maximum absolute atomic E-state index is 12.9. The molecule has 1 saturated heterocycles. The zero-order valence-electron chi connectivity index (χ0n) is 15.0. The van der Waals surface area contributed by atoms with Gasteiger partial charge in [-0.3, -0.25) is 9.69 Å². The average Bonchev–Trinajstić information content (AvgIpc) is 2.96. The summed E-state index contributed by atoms with van der Waals surface area (Å²) in [5.74, 6) is -1.03. The Morgan fingerprint density at radius 2 is 1.85 bits per heavy atom. The predicted molar refractivity (Wildman–Crippen MR) is 109 cm³/mol. The summed E-state index contributed by atoms with van der Waals surface area (Å²) in [6.07, 6.45) is 3.68. The molecule has 0 unspecified atom stereocenters. The number of unbranched alkanes of at least 4 members (excludes halogenated alkanes) is 1. The summed E-state index contributed by atoms with van der Waals surface area (Å²) in [5, 5.41) is 9.67. The van der Waals surface area contributed by atoms with Crippen molar-refractivity contribution in [2.75, 3.05) is 6.54 Å². The van der Waals surface area contributed by atoms with Crippen molar-refractivity contribution in [3.05, 3.63) is 70.6 Å². The summed E-state index contributed by atoms with van der Waals surface area (Å²) in [4.78, 5) is 30.8. The van der Waals surface area contributed by atoms with Gasteiger partial charge in [-0.05, 0) is 54.1 Å². The van der Waals surface area contributed by atoms with Gasteiger partial charge in [0.25, 0.3) is 5.91 Å². The van der Waals surface area contributed by atoms with Crippen LogP contribution in [0.1, 0.15) is 35.7 Å². The molecule has 1 aliphatic heterocycles. The highest BCUT2D eigenvalue weighted by Gasteiger charge is 2.32. The first kappa shape index (κ1) is 18.9. The summed E-state index contributed by atoms with van der Waals surface area (Å²) in [6.45, 7) is 2.71. The van der Waals surface area contributed by atoms with E-state index in [1.165, 1.54) is 23.9 Å². The van der Waals surface area contributed by atoms with E-state index in [0.717, 1.165) is 24.1 Å². The monoisotopic (exact) mass is 380 g/mol. The number of para-hydroxylation sites is 1. The van der Waals surface area contributed by atoms with E-state index < -0.39 is 5.97 Å². The molecule has 2 aromatic rings. The van der Waals surface area contributed by atoms with Gasteiger partial charge < -0.3 is 5.11 Å². The van der Waals surface area contributed by atoms with Gasteiger partial charge in [-0.1, -0.05) is 43.7 Å². The van der Waals surface area contributed by atoms with E-state index in [0.29, 0.717) is 16.6 Å². The van der Waals surface area contributed by atoms with Crippen LogP contribution in [0, 0.1) is 0 Å². The minimum atomic E-state index is -0.969. The number of carboxylic acids is 1. The zero-order chi connectivity index (χ0) is 19.2. The Balaban J connectivity index is 1.89. The SMILES string of the molecule is CCCCN1C(=O)/C(=C/c2ccc(C(=O)O)cc2)SC1=Nc1ccccc1. The number of carboxylic acid groups (broad SMARTS) is 1. The highest BCUT2D eigenvalue weighted by Crippen LogP contribution is 2.34. The summed E-state index contributed by atoms with van der Waals surface area (Å²) in [5.41, 5.74) is 1.81. The Kier molecular flexibility index (Phi) is 6.08. The molecule has 1 N–H and O–H groups in total. The number of hydrogen-bond acceptors (Lipinski definition) is 4. The van der Waals surface area contributed by atoms with Crippen LogP contribution in [-0.2, 0) is 4.79 Å². The molecule has 1 amide bonds. The van der Waals surface area contributed by atoms with Crippen LogP contribution >= 0.6 is 11.8 Å². The molecular formula is C21H20N2O3S. The highest BCUT2D eigenvalue weighted by molar-refractivity contribution is 8.18. The number of carbonyl (C=O) groups is 2. The number of rotatable bonds is 6. The lowest BCUT2D eigenvalue weighted by atomic mass is 10.1. The van der Waals surface area contributed by atoms with Gasteiger partial charge in [0.2, 0.25) is 0 Å². The molecule has 6 heteroatoms. The van der Waals surface area contributed by atoms with Gasteiger partial charge in [0.1, 0.15) is 0 Å². The van der Waals surface area contributed by atoms with E-state index >= 15 is 0 Å². The molecule has 0 aliphatic carbocycles. The largest absolute Gasteiger partial charge is 0.478 e. The third-order valence-corrected chi connectivity index (χ3v) is 5.07. The van der Waals surface area contributed by atoms with E-state index in [4.69, 9.17) is 5.11 Å². The van der Waals surface area contributed by atoms with Gasteiger partial charge in [-0.2, -0.15) is 0 Å². The van der Waals surface area contributed by atoms with Crippen molar-refractivity contribution in [2.45, 2.75) is 19.8 Å². The van der Waals surface area contributed by atoms with Crippen molar-refractivity contribution in [2.24, 2.45) is 4.99 Å². The maximum atomic E-state index is 12.9. The third kappa shape index (κ3) is 4.65. The number of aromatic carboxylic acids is 1. The molecule has 2 aromatic carbocycles. The summed E-state index contributed by atoms with van der Waals surface area (Å²) < 4.78 is 0. The van der Waals surface area contributed by atoms with Gasteiger partial charge in [0.15, 0.2) is 5.17 Å². The van der Waals surface area contributed by atoms with Gasteiger partial charge >= 0.3 is 5.97 Å². The van der Waals surface area contributed by atoms with E-state index in [1.54, 1.807) is 23.1 Å². The molecule has 0 saturated carbocycles. The van der Waals surface area contributed by atoms with Gasteiger partial charge in [-0.25, -0.2) is 9.79 Å². The molecule has 1 heterocycles. The van der Waals surface area contributed by atoms with Crippen molar-refractivity contribution in [1.82, 2.24) is 4.90 Å². The van der Waals surface area contributed by atoms with Crippen molar-refractivity contribution in [3.63, 3.8) is 0 Å². The predicted octanol–water partition coefficient (Wildman–Crippen LogP) is 4.79. The molecular weight excluding hydrogens is 360 g/mol. The Bertz CT molecular complexity index is 889. The highest BCUT2D eigenvalue weighted by atomic mass is 32.2. The minimum Gasteiger partial charge on any atom is -0.478 e. The first-order valence-corrected chi connectivity index (χ1v) is 9.58. The van der Waals surface area contributed by atoms with Crippen LogP contribution in [0.25, 0.3) is 6.08 Å². The Morgan fingerprint density at radius 3 is 2.48 bits per heavy atom. The lowest BCUT2D eigenvalue weighted by Gasteiger charge is -2.14. The lowest BCUT2D eigenvalue weighted by molar-refractivity contribution is -0.122. The van der Waals surface area contributed by atoms with E-state index in [1.807, 2.05) is 30.3 Å². The number of carbonyl (C=O) groups excluding carboxylic acids is 1. The Hall–Kier alpha value is -2.86. The molecule has 0 bridgehead atoms. The fourth-order valence-electron chi connectivity index (χ4n) is 2.59. The summed E-state index contributed by atoms with van der Waals surface area (Å²) in [7, 11) is 0. The van der Waals surface area contributed by atoms with Crippen molar-refractivity contribution < 1.29 is 14.7 Å². The molecule has 138 valence electrons. The van der Waals surface area contributed by atoms with Gasteiger partial charge in [0, 0.05) is 6.54 Å². The molecule has 5 nitrogen and oxygen atoms in total. The third-order valence-electron chi connectivity index (χ3n) is 4.06.